The number of carbonyl (C=O) groups excluding carboxylic acids is 1. The maximum Gasteiger partial charge on any atom is 0.337 e. The van der Waals surface area contributed by atoms with Crippen LogP contribution in [-0.4, -0.2) is 17.0 Å². The summed E-state index contributed by atoms with van der Waals surface area (Å²) in [5.41, 5.74) is 1.14. The number of hydrogen-bond donors (Lipinski definition) is 2. The molecule has 1 amide bonds. The minimum atomic E-state index is -1.19. The molecule has 0 aliphatic carbocycles. The summed E-state index contributed by atoms with van der Waals surface area (Å²) in [5.74, 6) is -3.03. The molecule has 0 aliphatic rings. The van der Waals surface area contributed by atoms with Crippen molar-refractivity contribution in [1.29, 1.82) is 0 Å². The average molecular weight is 379 g/mol. The fourth-order valence-electron chi connectivity index (χ4n) is 2.56. The Hall–Kier alpha value is -3.80. The van der Waals surface area contributed by atoms with Crippen molar-refractivity contribution in [2.45, 2.75) is 0 Å². The van der Waals surface area contributed by atoms with Crippen molar-refractivity contribution in [3.8, 4) is 0 Å². The number of halogens is 2. The molecule has 3 aromatic carbocycles. The maximum atomic E-state index is 13.7. The lowest BCUT2D eigenvalue weighted by atomic mass is 10.1. The van der Waals surface area contributed by atoms with Gasteiger partial charge < -0.3 is 10.4 Å². The summed E-state index contributed by atoms with van der Waals surface area (Å²) < 4.78 is 26.7. The van der Waals surface area contributed by atoms with Gasteiger partial charge in [-0.1, -0.05) is 36.4 Å². The smallest absolute Gasteiger partial charge is 0.337 e. The number of nitrogens with one attached hydrogen (secondary N) is 1. The molecule has 3 rings (SSSR count). The van der Waals surface area contributed by atoms with Crippen LogP contribution in [0.1, 0.15) is 31.8 Å². The normalized spacial score (nSPS) is 10.8. The molecule has 3 aromatic rings. The van der Waals surface area contributed by atoms with E-state index in [9.17, 15) is 23.5 Å². The van der Waals surface area contributed by atoms with Gasteiger partial charge in [0.15, 0.2) is 0 Å². The van der Waals surface area contributed by atoms with E-state index in [0.717, 1.165) is 12.1 Å². The van der Waals surface area contributed by atoms with E-state index in [2.05, 4.69) is 5.32 Å². The number of hydrogen-bond acceptors (Lipinski definition) is 2. The number of rotatable bonds is 5. The molecule has 6 heteroatoms. The predicted octanol–water partition coefficient (Wildman–Crippen LogP) is 5.09. The molecule has 28 heavy (non-hydrogen) atoms. The van der Waals surface area contributed by atoms with Gasteiger partial charge in [-0.3, -0.25) is 4.79 Å². The van der Waals surface area contributed by atoms with Crippen LogP contribution in [-0.2, 0) is 0 Å². The minimum absolute atomic E-state index is 0.0746. The van der Waals surface area contributed by atoms with E-state index in [1.165, 1.54) is 30.3 Å². The standard InChI is InChI=1S/C22H15F2NO3/c23-17-10-9-15(19(24)13-17)8-6-14-7-11-18(22(27)28)20(12-14)25-21(26)16-4-2-1-3-5-16/h1-13H,(H,25,26)(H,27,28)/b8-6+. The van der Waals surface area contributed by atoms with Gasteiger partial charge in [0.2, 0.25) is 0 Å². The van der Waals surface area contributed by atoms with Crippen LogP contribution < -0.4 is 5.32 Å². The molecule has 0 bridgehead atoms. The first kappa shape index (κ1) is 19.0. The number of anilines is 1. The van der Waals surface area contributed by atoms with Gasteiger partial charge in [0.05, 0.1) is 11.3 Å². The Bertz CT molecular complexity index is 1060. The molecular weight excluding hydrogens is 364 g/mol. The number of carboxylic acids is 1. The van der Waals surface area contributed by atoms with E-state index in [1.807, 2.05) is 0 Å². The summed E-state index contributed by atoms with van der Waals surface area (Å²) in [5, 5.41) is 11.9. The third kappa shape index (κ3) is 4.48. The first-order valence-corrected chi connectivity index (χ1v) is 8.31. The van der Waals surface area contributed by atoms with Crippen molar-refractivity contribution in [2.75, 3.05) is 5.32 Å². The second-order valence-corrected chi connectivity index (χ2v) is 5.93. The number of amides is 1. The van der Waals surface area contributed by atoms with Gasteiger partial charge in [0, 0.05) is 17.2 Å². The van der Waals surface area contributed by atoms with Gasteiger partial charge in [-0.25, -0.2) is 13.6 Å². The predicted molar refractivity (Wildman–Crippen MR) is 103 cm³/mol. The second-order valence-electron chi connectivity index (χ2n) is 5.93. The van der Waals surface area contributed by atoms with Gasteiger partial charge in [-0.2, -0.15) is 0 Å². The zero-order valence-electron chi connectivity index (χ0n) is 14.5. The highest BCUT2D eigenvalue weighted by atomic mass is 19.1. The molecule has 2 N–H and O–H groups in total. The quantitative estimate of drug-likeness (QED) is 0.607. The third-order valence-corrected chi connectivity index (χ3v) is 3.98. The van der Waals surface area contributed by atoms with E-state index >= 15 is 0 Å². The van der Waals surface area contributed by atoms with Crippen LogP contribution >= 0.6 is 0 Å². The van der Waals surface area contributed by atoms with Gasteiger partial charge in [-0.15, -0.1) is 0 Å². The summed E-state index contributed by atoms with van der Waals surface area (Å²) in [6.07, 6.45) is 2.98. The maximum absolute atomic E-state index is 13.7. The number of carbonyl (C=O) groups is 2. The fourth-order valence-corrected chi connectivity index (χ4v) is 2.56. The van der Waals surface area contributed by atoms with Crippen molar-refractivity contribution >= 4 is 29.7 Å². The topological polar surface area (TPSA) is 66.4 Å². The Morgan fingerprint density at radius 3 is 2.32 bits per heavy atom. The number of aromatic carboxylic acids is 1. The first-order valence-electron chi connectivity index (χ1n) is 8.31. The van der Waals surface area contributed by atoms with Gasteiger partial charge >= 0.3 is 5.97 Å². The van der Waals surface area contributed by atoms with E-state index < -0.39 is 23.5 Å². The highest BCUT2D eigenvalue weighted by Crippen LogP contribution is 2.21. The Kier molecular flexibility index (Phi) is 5.60. The van der Waals surface area contributed by atoms with Gasteiger partial charge in [-0.05, 0) is 42.0 Å². The Morgan fingerprint density at radius 1 is 0.893 bits per heavy atom. The molecule has 0 fully saturated rings. The molecule has 0 radical (unpaired) electrons. The Balaban J connectivity index is 1.90. The van der Waals surface area contributed by atoms with Crippen LogP contribution in [0.5, 0.6) is 0 Å². The second kappa shape index (κ2) is 8.26. The van der Waals surface area contributed by atoms with Gasteiger partial charge in [0.1, 0.15) is 11.6 Å². The molecular formula is C22H15F2NO3. The number of benzene rings is 3. The molecule has 140 valence electrons. The molecule has 4 nitrogen and oxygen atoms in total. The Labute approximate surface area is 159 Å². The Morgan fingerprint density at radius 2 is 1.64 bits per heavy atom. The minimum Gasteiger partial charge on any atom is -0.478 e. The van der Waals surface area contributed by atoms with E-state index in [-0.39, 0.29) is 16.8 Å². The lowest BCUT2D eigenvalue weighted by molar-refractivity contribution is 0.0698. The largest absolute Gasteiger partial charge is 0.478 e. The molecule has 0 saturated heterocycles. The fraction of sp³-hybridized carbons (Fsp3) is 0. The zero-order chi connectivity index (χ0) is 20.1. The van der Waals surface area contributed by atoms with Crippen molar-refractivity contribution in [2.24, 2.45) is 0 Å². The van der Waals surface area contributed by atoms with E-state index in [4.69, 9.17) is 0 Å². The van der Waals surface area contributed by atoms with Crippen LogP contribution in [0.4, 0.5) is 14.5 Å². The van der Waals surface area contributed by atoms with Crippen molar-refractivity contribution in [3.05, 3.63) is 101 Å². The molecule has 0 spiro atoms. The lowest BCUT2D eigenvalue weighted by Gasteiger charge is -2.10. The lowest BCUT2D eigenvalue weighted by Crippen LogP contribution is -2.14. The molecule has 0 heterocycles. The van der Waals surface area contributed by atoms with Crippen LogP contribution in [0.2, 0.25) is 0 Å². The molecule has 0 unspecified atom stereocenters. The van der Waals surface area contributed by atoms with E-state index in [1.54, 1.807) is 36.4 Å². The SMILES string of the molecule is O=C(Nc1cc(/C=C/c2ccc(F)cc2F)ccc1C(=O)O)c1ccccc1. The summed E-state index contributed by atoms with van der Waals surface area (Å²) in [6, 6.07) is 15.9. The highest BCUT2D eigenvalue weighted by molar-refractivity contribution is 6.08. The third-order valence-electron chi connectivity index (χ3n) is 3.98. The van der Waals surface area contributed by atoms with Crippen molar-refractivity contribution in [3.63, 3.8) is 0 Å². The van der Waals surface area contributed by atoms with Crippen LogP contribution in [0.25, 0.3) is 12.2 Å². The van der Waals surface area contributed by atoms with Crippen molar-refractivity contribution < 1.29 is 23.5 Å². The summed E-state index contributed by atoms with van der Waals surface area (Å²) in [4.78, 5) is 23.8. The van der Waals surface area contributed by atoms with Crippen LogP contribution in [0.15, 0.2) is 66.7 Å². The summed E-state index contributed by atoms with van der Waals surface area (Å²) >= 11 is 0. The summed E-state index contributed by atoms with van der Waals surface area (Å²) in [7, 11) is 0. The zero-order valence-corrected chi connectivity index (χ0v) is 14.5. The van der Waals surface area contributed by atoms with Crippen LogP contribution in [0.3, 0.4) is 0 Å². The molecule has 0 aromatic heterocycles. The molecule has 0 atom stereocenters. The monoisotopic (exact) mass is 379 g/mol. The number of carboxylic acid groups (broad SMARTS) is 1. The highest BCUT2D eigenvalue weighted by Gasteiger charge is 2.14. The molecule has 0 aliphatic heterocycles. The summed E-state index contributed by atoms with van der Waals surface area (Å²) in [6.45, 7) is 0. The average Bonchev–Trinajstić information content (AvgIpc) is 2.68. The van der Waals surface area contributed by atoms with Crippen LogP contribution in [0, 0.1) is 11.6 Å². The first-order chi connectivity index (χ1) is 13.4. The van der Waals surface area contributed by atoms with Crippen molar-refractivity contribution in [1.82, 2.24) is 0 Å². The molecule has 0 saturated carbocycles. The van der Waals surface area contributed by atoms with E-state index in [0.29, 0.717) is 11.1 Å². The van der Waals surface area contributed by atoms with Gasteiger partial charge in [0.25, 0.3) is 5.91 Å².